The average Bonchev–Trinajstić information content (AvgIpc) is 3.47. The number of thiophene rings is 3. The topological polar surface area (TPSA) is 51.2 Å². The highest BCUT2D eigenvalue weighted by Crippen LogP contribution is 2.36. The van der Waals surface area contributed by atoms with Crippen LogP contribution in [0.15, 0.2) is 52.5 Å². The van der Waals surface area contributed by atoms with Crippen molar-refractivity contribution in [3.05, 3.63) is 67.2 Å². The molecule has 0 saturated heterocycles. The molecule has 0 amide bonds. The van der Waals surface area contributed by atoms with Crippen LogP contribution >= 0.6 is 34.0 Å². The van der Waals surface area contributed by atoms with Crippen molar-refractivity contribution in [1.29, 1.82) is 0 Å². The summed E-state index contributed by atoms with van der Waals surface area (Å²) in [6.07, 6.45) is 2.55. The van der Waals surface area contributed by atoms with Gasteiger partial charge in [-0.05, 0) is 85.9 Å². The van der Waals surface area contributed by atoms with E-state index in [-0.39, 0.29) is 0 Å². The fraction of sp³-hybridized carbons (Fsp3) is 0. The van der Waals surface area contributed by atoms with E-state index in [9.17, 15) is 14.4 Å². The zero-order valence-electron chi connectivity index (χ0n) is 13.9. The van der Waals surface area contributed by atoms with Crippen LogP contribution in [0.5, 0.6) is 0 Å². The molecule has 0 unspecified atom stereocenters. The van der Waals surface area contributed by atoms with Crippen LogP contribution in [0, 0.1) is 0 Å². The molecule has 132 valence electrons. The van der Waals surface area contributed by atoms with Crippen LogP contribution in [0.4, 0.5) is 0 Å². The van der Waals surface area contributed by atoms with E-state index < -0.39 is 0 Å². The van der Waals surface area contributed by atoms with Gasteiger partial charge in [0.25, 0.3) is 0 Å². The summed E-state index contributed by atoms with van der Waals surface area (Å²) in [6, 6.07) is 11.8. The van der Waals surface area contributed by atoms with E-state index in [0.717, 1.165) is 52.2 Å². The van der Waals surface area contributed by atoms with Crippen LogP contribution in [0.2, 0.25) is 0 Å². The lowest BCUT2D eigenvalue weighted by Gasteiger charge is -2.08. The monoisotopic (exact) mass is 408 g/mol. The molecule has 0 atom stereocenters. The summed E-state index contributed by atoms with van der Waals surface area (Å²) in [6.45, 7) is 0. The van der Waals surface area contributed by atoms with Crippen molar-refractivity contribution in [3.63, 3.8) is 0 Å². The molecule has 1 aromatic carbocycles. The van der Waals surface area contributed by atoms with Gasteiger partial charge in [0.2, 0.25) is 0 Å². The minimum atomic E-state index is 0.675. The summed E-state index contributed by atoms with van der Waals surface area (Å²) < 4.78 is 0. The maximum absolute atomic E-state index is 11.0. The first-order valence-corrected chi connectivity index (χ1v) is 10.6. The van der Waals surface area contributed by atoms with Crippen LogP contribution in [0.25, 0.3) is 33.4 Å². The molecule has 6 heteroatoms. The highest BCUT2D eigenvalue weighted by Gasteiger charge is 2.11. The Morgan fingerprint density at radius 3 is 0.963 bits per heavy atom. The molecule has 27 heavy (non-hydrogen) atoms. The highest BCUT2D eigenvalue weighted by atomic mass is 32.1. The van der Waals surface area contributed by atoms with Crippen molar-refractivity contribution >= 4 is 52.9 Å². The standard InChI is InChI=1S/C21H12O3S3/c22-7-19-4-16(10-25-19)13-1-14(17-5-20(8-23)26-11-17)3-15(2-13)18-6-21(9-24)27-12-18/h1-12H. The van der Waals surface area contributed by atoms with E-state index in [2.05, 4.69) is 18.2 Å². The molecule has 0 aliphatic rings. The molecular formula is C21H12O3S3. The van der Waals surface area contributed by atoms with E-state index in [4.69, 9.17) is 0 Å². The molecule has 0 radical (unpaired) electrons. The Kier molecular flexibility index (Phi) is 4.94. The zero-order chi connectivity index (χ0) is 18.8. The summed E-state index contributed by atoms with van der Waals surface area (Å²) in [7, 11) is 0. The summed E-state index contributed by atoms with van der Waals surface area (Å²) in [4.78, 5) is 35.2. The second-order valence-electron chi connectivity index (χ2n) is 5.87. The molecule has 4 aromatic rings. The maximum Gasteiger partial charge on any atom is 0.160 e. The summed E-state index contributed by atoms with van der Waals surface area (Å²) >= 11 is 4.22. The number of hydrogen-bond acceptors (Lipinski definition) is 6. The number of aldehydes is 3. The van der Waals surface area contributed by atoms with Crippen molar-refractivity contribution in [2.24, 2.45) is 0 Å². The van der Waals surface area contributed by atoms with E-state index in [0.29, 0.717) is 14.6 Å². The molecule has 0 aliphatic carbocycles. The third-order valence-electron chi connectivity index (χ3n) is 4.14. The van der Waals surface area contributed by atoms with Crippen LogP contribution in [0.3, 0.4) is 0 Å². The molecule has 0 bridgehead atoms. The van der Waals surface area contributed by atoms with E-state index in [1.54, 1.807) is 0 Å². The first kappa shape index (κ1) is 17.7. The van der Waals surface area contributed by atoms with Gasteiger partial charge in [-0.25, -0.2) is 0 Å². The highest BCUT2D eigenvalue weighted by molar-refractivity contribution is 7.12. The lowest BCUT2D eigenvalue weighted by molar-refractivity contribution is 0.111. The van der Waals surface area contributed by atoms with Crippen LogP contribution in [0.1, 0.15) is 29.0 Å². The smallest absolute Gasteiger partial charge is 0.160 e. The van der Waals surface area contributed by atoms with Gasteiger partial charge in [0.05, 0.1) is 14.6 Å². The van der Waals surface area contributed by atoms with Crippen molar-refractivity contribution in [3.8, 4) is 33.4 Å². The summed E-state index contributed by atoms with van der Waals surface area (Å²) in [5.74, 6) is 0. The van der Waals surface area contributed by atoms with Gasteiger partial charge in [0.15, 0.2) is 18.9 Å². The van der Waals surface area contributed by atoms with E-state index in [1.165, 1.54) is 34.0 Å². The predicted octanol–water partition coefficient (Wildman–Crippen LogP) is 6.31. The third kappa shape index (κ3) is 3.60. The lowest BCUT2D eigenvalue weighted by atomic mass is 9.96. The van der Waals surface area contributed by atoms with Gasteiger partial charge in [-0.2, -0.15) is 0 Å². The van der Waals surface area contributed by atoms with Gasteiger partial charge < -0.3 is 0 Å². The van der Waals surface area contributed by atoms with Gasteiger partial charge >= 0.3 is 0 Å². The average molecular weight is 409 g/mol. The molecule has 3 heterocycles. The minimum Gasteiger partial charge on any atom is -0.297 e. The first-order chi connectivity index (χ1) is 13.2. The molecule has 0 aliphatic heterocycles. The van der Waals surface area contributed by atoms with Gasteiger partial charge in [-0.3, -0.25) is 14.4 Å². The number of rotatable bonds is 6. The fourth-order valence-corrected chi connectivity index (χ4v) is 4.98. The van der Waals surface area contributed by atoms with Crippen LogP contribution < -0.4 is 0 Å². The van der Waals surface area contributed by atoms with Crippen LogP contribution in [-0.2, 0) is 0 Å². The molecule has 0 N–H and O–H groups in total. The number of carbonyl (C=O) groups excluding carboxylic acids is 3. The van der Waals surface area contributed by atoms with Crippen molar-refractivity contribution < 1.29 is 14.4 Å². The van der Waals surface area contributed by atoms with Crippen LogP contribution in [-0.4, -0.2) is 18.9 Å². The Bertz CT molecular complexity index is 991. The number of hydrogen-bond donors (Lipinski definition) is 0. The van der Waals surface area contributed by atoms with Crippen molar-refractivity contribution in [2.45, 2.75) is 0 Å². The number of benzene rings is 1. The Labute approximate surface area is 167 Å². The van der Waals surface area contributed by atoms with E-state index in [1.807, 2.05) is 34.3 Å². The zero-order valence-corrected chi connectivity index (χ0v) is 16.3. The first-order valence-electron chi connectivity index (χ1n) is 7.97. The predicted molar refractivity (Wildman–Crippen MR) is 113 cm³/mol. The molecular weight excluding hydrogens is 396 g/mol. The Hall–Kier alpha value is -2.67. The second kappa shape index (κ2) is 7.52. The minimum absolute atomic E-state index is 0.675. The molecule has 3 aromatic heterocycles. The van der Waals surface area contributed by atoms with Crippen molar-refractivity contribution in [2.75, 3.05) is 0 Å². The molecule has 0 saturated carbocycles. The van der Waals surface area contributed by atoms with Gasteiger partial charge in [-0.1, -0.05) is 0 Å². The largest absolute Gasteiger partial charge is 0.297 e. The molecule has 0 fully saturated rings. The fourth-order valence-electron chi connectivity index (χ4n) is 2.83. The van der Waals surface area contributed by atoms with Gasteiger partial charge in [0, 0.05) is 0 Å². The molecule has 4 rings (SSSR count). The Morgan fingerprint density at radius 1 is 0.444 bits per heavy atom. The van der Waals surface area contributed by atoms with E-state index >= 15 is 0 Å². The Morgan fingerprint density at radius 2 is 0.741 bits per heavy atom. The Balaban J connectivity index is 1.88. The quantitative estimate of drug-likeness (QED) is 0.351. The number of carbonyl (C=O) groups is 3. The van der Waals surface area contributed by atoms with Crippen molar-refractivity contribution in [1.82, 2.24) is 0 Å². The van der Waals surface area contributed by atoms with Gasteiger partial charge in [-0.15, -0.1) is 34.0 Å². The molecule has 3 nitrogen and oxygen atoms in total. The normalized spacial score (nSPS) is 10.7. The second-order valence-corrected chi connectivity index (χ2v) is 8.69. The SMILES string of the molecule is O=Cc1cc(-c2cc(-c3csc(C=O)c3)cc(-c3csc(C=O)c3)c2)cs1. The summed E-state index contributed by atoms with van der Waals surface area (Å²) in [5.41, 5.74) is 5.89. The molecule has 0 spiro atoms. The van der Waals surface area contributed by atoms with Gasteiger partial charge in [0.1, 0.15) is 0 Å². The summed E-state index contributed by atoms with van der Waals surface area (Å²) in [5, 5.41) is 5.88. The lowest BCUT2D eigenvalue weighted by Crippen LogP contribution is -1.83. The third-order valence-corrected chi connectivity index (χ3v) is 6.71. The maximum atomic E-state index is 11.0.